The van der Waals surface area contributed by atoms with Crippen LogP contribution in [0.3, 0.4) is 0 Å². The van der Waals surface area contributed by atoms with E-state index in [0.29, 0.717) is 11.1 Å². The molecule has 1 aromatic heterocycles. The van der Waals surface area contributed by atoms with E-state index in [1.807, 2.05) is 19.1 Å². The second-order valence-electron chi connectivity index (χ2n) is 4.34. The third-order valence-electron chi connectivity index (χ3n) is 2.92. The fraction of sp³-hybridized carbons (Fsp3) is 0.286. The molecule has 1 atom stereocenters. The zero-order chi connectivity index (χ0) is 12.6. The molecule has 0 spiro atoms. The van der Waals surface area contributed by atoms with E-state index in [-0.39, 0.29) is 11.2 Å². The summed E-state index contributed by atoms with van der Waals surface area (Å²) in [6.07, 6.45) is 0. The largest absolute Gasteiger partial charge is 0.206 e. The van der Waals surface area contributed by atoms with E-state index < -0.39 is 0 Å². The lowest BCUT2D eigenvalue weighted by molar-refractivity contribution is 0.608. The number of halogens is 2. The van der Waals surface area contributed by atoms with Gasteiger partial charge in [0.2, 0.25) is 0 Å². The highest BCUT2D eigenvalue weighted by Gasteiger charge is 2.16. The van der Waals surface area contributed by atoms with Crippen LogP contribution in [0, 0.1) is 26.6 Å². The normalized spacial score (nSPS) is 12.8. The van der Waals surface area contributed by atoms with Crippen molar-refractivity contribution in [2.24, 2.45) is 0 Å². The fourth-order valence-corrected chi connectivity index (χ4v) is 3.25. The van der Waals surface area contributed by atoms with Crippen molar-refractivity contribution < 1.29 is 4.39 Å². The van der Waals surface area contributed by atoms with Crippen LogP contribution in [0.2, 0.25) is 0 Å². The molecule has 0 saturated heterocycles. The SMILES string of the molecule is Cc1cscc1C(Cl)c1cc(C)c(F)c(C)c1. The number of hydrogen-bond donors (Lipinski definition) is 0. The van der Waals surface area contributed by atoms with Gasteiger partial charge in [-0.3, -0.25) is 0 Å². The van der Waals surface area contributed by atoms with Crippen molar-refractivity contribution in [3.05, 3.63) is 56.5 Å². The lowest BCUT2D eigenvalue weighted by Crippen LogP contribution is -1.97. The molecule has 17 heavy (non-hydrogen) atoms. The van der Waals surface area contributed by atoms with Crippen LogP contribution in [-0.2, 0) is 0 Å². The van der Waals surface area contributed by atoms with Crippen LogP contribution in [0.5, 0.6) is 0 Å². The van der Waals surface area contributed by atoms with Crippen LogP contribution >= 0.6 is 22.9 Å². The highest BCUT2D eigenvalue weighted by molar-refractivity contribution is 7.08. The summed E-state index contributed by atoms with van der Waals surface area (Å²) in [4.78, 5) is 0. The van der Waals surface area contributed by atoms with Gasteiger partial charge in [0.1, 0.15) is 5.82 Å². The average Bonchev–Trinajstić information content (AvgIpc) is 2.70. The molecule has 0 aliphatic heterocycles. The molecule has 2 rings (SSSR count). The van der Waals surface area contributed by atoms with E-state index in [2.05, 4.69) is 10.8 Å². The minimum Gasteiger partial charge on any atom is -0.206 e. The molecule has 0 saturated carbocycles. The van der Waals surface area contributed by atoms with Gasteiger partial charge in [-0.1, -0.05) is 12.1 Å². The molecule has 1 unspecified atom stereocenters. The highest BCUT2D eigenvalue weighted by atomic mass is 35.5. The summed E-state index contributed by atoms with van der Waals surface area (Å²) in [5.41, 5.74) is 4.57. The van der Waals surface area contributed by atoms with Gasteiger partial charge in [0, 0.05) is 0 Å². The molecule has 0 aliphatic carbocycles. The van der Waals surface area contributed by atoms with E-state index in [0.717, 1.165) is 11.1 Å². The van der Waals surface area contributed by atoms with Gasteiger partial charge < -0.3 is 0 Å². The maximum absolute atomic E-state index is 13.6. The van der Waals surface area contributed by atoms with Crippen LogP contribution in [0.4, 0.5) is 4.39 Å². The predicted molar refractivity (Wildman–Crippen MR) is 72.6 cm³/mol. The first-order chi connectivity index (χ1) is 8.00. The zero-order valence-electron chi connectivity index (χ0n) is 10.1. The molecule has 3 heteroatoms. The first-order valence-corrected chi connectivity index (χ1v) is 6.82. The summed E-state index contributed by atoms with van der Waals surface area (Å²) < 4.78 is 13.6. The Kier molecular flexibility index (Phi) is 3.55. The van der Waals surface area contributed by atoms with Crippen molar-refractivity contribution in [2.45, 2.75) is 26.1 Å². The first-order valence-electron chi connectivity index (χ1n) is 5.44. The van der Waals surface area contributed by atoms with Gasteiger partial charge in [0.25, 0.3) is 0 Å². The number of aryl methyl sites for hydroxylation is 3. The number of hydrogen-bond acceptors (Lipinski definition) is 1. The molecule has 2 aromatic rings. The predicted octanol–water partition coefficient (Wildman–Crippen LogP) is 5.14. The molecule has 1 aromatic carbocycles. The zero-order valence-corrected chi connectivity index (χ0v) is 11.6. The Hall–Kier alpha value is -0.860. The van der Waals surface area contributed by atoms with Gasteiger partial charge in [-0.15, -0.1) is 11.6 Å². The maximum atomic E-state index is 13.6. The lowest BCUT2D eigenvalue weighted by Gasteiger charge is -2.12. The minimum absolute atomic E-state index is 0.139. The maximum Gasteiger partial charge on any atom is 0.129 e. The van der Waals surface area contributed by atoms with Gasteiger partial charge >= 0.3 is 0 Å². The fourth-order valence-electron chi connectivity index (χ4n) is 1.94. The van der Waals surface area contributed by atoms with Crippen molar-refractivity contribution >= 4 is 22.9 Å². The molecule has 0 nitrogen and oxygen atoms in total. The van der Waals surface area contributed by atoms with Crippen molar-refractivity contribution in [1.29, 1.82) is 0 Å². The van der Waals surface area contributed by atoms with Crippen molar-refractivity contribution in [3.8, 4) is 0 Å². The van der Waals surface area contributed by atoms with Crippen LogP contribution in [0.1, 0.15) is 33.2 Å². The Bertz CT molecular complexity index is 522. The Labute approximate surface area is 110 Å². The highest BCUT2D eigenvalue weighted by Crippen LogP contribution is 2.34. The molecule has 0 fully saturated rings. The van der Waals surface area contributed by atoms with Crippen LogP contribution in [-0.4, -0.2) is 0 Å². The summed E-state index contributed by atoms with van der Waals surface area (Å²) >= 11 is 8.10. The third-order valence-corrected chi connectivity index (χ3v) is 4.29. The van der Waals surface area contributed by atoms with Gasteiger partial charge in [-0.25, -0.2) is 4.39 Å². The molecular formula is C14H14ClFS. The van der Waals surface area contributed by atoms with E-state index in [1.54, 1.807) is 25.2 Å². The van der Waals surface area contributed by atoms with Gasteiger partial charge in [0.15, 0.2) is 0 Å². The summed E-state index contributed by atoms with van der Waals surface area (Å²) in [7, 11) is 0. The van der Waals surface area contributed by atoms with Crippen molar-refractivity contribution in [2.75, 3.05) is 0 Å². The van der Waals surface area contributed by atoms with E-state index in [1.165, 1.54) is 5.56 Å². The van der Waals surface area contributed by atoms with Crippen molar-refractivity contribution in [3.63, 3.8) is 0 Å². The van der Waals surface area contributed by atoms with Crippen LogP contribution in [0.25, 0.3) is 0 Å². The summed E-state index contributed by atoms with van der Waals surface area (Å²) in [6.45, 7) is 5.59. The average molecular weight is 269 g/mol. The smallest absolute Gasteiger partial charge is 0.129 e. The number of thiophene rings is 1. The molecule has 0 bridgehead atoms. The molecule has 0 N–H and O–H groups in total. The van der Waals surface area contributed by atoms with Crippen LogP contribution < -0.4 is 0 Å². The standard InChI is InChI=1S/C14H14ClFS/c1-8-4-11(5-9(2)14(8)16)13(15)12-7-17-6-10(12)3/h4-7,13H,1-3H3. The Balaban J connectivity index is 2.45. The molecule has 0 radical (unpaired) electrons. The second kappa shape index (κ2) is 4.79. The van der Waals surface area contributed by atoms with Gasteiger partial charge in [0.05, 0.1) is 5.38 Å². The molecule has 0 amide bonds. The van der Waals surface area contributed by atoms with Crippen LogP contribution in [0.15, 0.2) is 22.9 Å². The Morgan fingerprint density at radius 1 is 1.06 bits per heavy atom. The van der Waals surface area contributed by atoms with E-state index in [4.69, 9.17) is 11.6 Å². The molecular weight excluding hydrogens is 255 g/mol. The summed E-state index contributed by atoms with van der Waals surface area (Å²) in [5.74, 6) is -0.139. The van der Waals surface area contributed by atoms with Gasteiger partial charge in [-0.2, -0.15) is 11.3 Å². The molecule has 90 valence electrons. The quantitative estimate of drug-likeness (QED) is 0.662. The summed E-state index contributed by atoms with van der Waals surface area (Å²) in [5, 5.41) is 3.94. The van der Waals surface area contributed by atoms with Gasteiger partial charge in [-0.05, 0) is 59.3 Å². The number of rotatable bonds is 2. The van der Waals surface area contributed by atoms with Crippen molar-refractivity contribution in [1.82, 2.24) is 0 Å². The molecule has 1 heterocycles. The first kappa shape index (κ1) is 12.6. The Morgan fingerprint density at radius 2 is 1.65 bits per heavy atom. The Morgan fingerprint density at radius 3 is 2.12 bits per heavy atom. The topological polar surface area (TPSA) is 0 Å². The minimum atomic E-state index is -0.195. The third kappa shape index (κ3) is 2.38. The number of benzene rings is 1. The van der Waals surface area contributed by atoms with E-state index >= 15 is 0 Å². The summed E-state index contributed by atoms with van der Waals surface area (Å²) in [6, 6.07) is 3.66. The monoisotopic (exact) mass is 268 g/mol. The van der Waals surface area contributed by atoms with E-state index in [9.17, 15) is 4.39 Å². The lowest BCUT2D eigenvalue weighted by atomic mass is 9.99. The number of alkyl halides is 1. The molecule has 0 aliphatic rings. The second-order valence-corrected chi connectivity index (χ2v) is 5.52.